The molecule has 4 nitrogen and oxygen atoms in total. The van der Waals surface area contributed by atoms with Gasteiger partial charge >= 0.3 is 0 Å². The van der Waals surface area contributed by atoms with Crippen molar-refractivity contribution in [2.75, 3.05) is 0 Å². The number of halogens is 2. The minimum absolute atomic E-state index is 0.00341. The van der Waals surface area contributed by atoms with Gasteiger partial charge < -0.3 is 0 Å². The van der Waals surface area contributed by atoms with Crippen molar-refractivity contribution in [1.82, 2.24) is 0 Å². The number of benzene rings is 3. The van der Waals surface area contributed by atoms with Crippen LogP contribution in [0.15, 0.2) is 78.9 Å². The second-order valence-electron chi connectivity index (χ2n) is 5.96. The molecule has 0 fully saturated rings. The Labute approximate surface area is 173 Å². The maximum Gasteiger partial charge on any atom is 0.269 e. The summed E-state index contributed by atoms with van der Waals surface area (Å²) in [5.41, 5.74) is 3.36. The monoisotopic (exact) mass is 487 g/mol. The minimum Gasteiger partial charge on any atom is -0.293 e. The highest BCUT2D eigenvalue weighted by Crippen LogP contribution is 2.35. The van der Waals surface area contributed by atoms with E-state index >= 15 is 0 Å². The standard InChI is InChI=1S/C21H15Br2NO3/c22-19(17-7-4-8-18(13-17)24(26)27)20(23)21(25)16-11-9-15(10-12-16)14-5-2-1-3-6-14/h1-13,19-20H. The summed E-state index contributed by atoms with van der Waals surface area (Å²) in [7, 11) is 0. The summed E-state index contributed by atoms with van der Waals surface area (Å²) in [4.78, 5) is 22.4. The van der Waals surface area contributed by atoms with Crippen LogP contribution in [0.1, 0.15) is 20.7 Å². The number of Topliss-reactive ketones (excluding diaryl/α,β-unsaturated/α-hetero) is 1. The molecule has 0 saturated heterocycles. The van der Waals surface area contributed by atoms with Gasteiger partial charge in [-0.15, -0.1) is 0 Å². The highest BCUT2D eigenvalue weighted by atomic mass is 79.9. The van der Waals surface area contributed by atoms with Crippen molar-refractivity contribution in [3.05, 3.63) is 100 Å². The molecule has 0 aliphatic carbocycles. The first-order valence-electron chi connectivity index (χ1n) is 8.19. The van der Waals surface area contributed by atoms with Gasteiger partial charge in [-0.05, 0) is 16.7 Å². The number of non-ortho nitro benzene ring substituents is 1. The number of hydrogen-bond acceptors (Lipinski definition) is 3. The average molecular weight is 489 g/mol. The van der Waals surface area contributed by atoms with Crippen molar-refractivity contribution in [2.24, 2.45) is 0 Å². The second-order valence-corrected chi connectivity index (χ2v) is 7.94. The van der Waals surface area contributed by atoms with Crippen molar-refractivity contribution in [2.45, 2.75) is 9.65 Å². The number of ketones is 1. The number of rotatable bonds is 6. The number of carbonyl (C=O) groups is 1. The lowest BCUT2D eigenvalue weighted by Crippen LogP contribution is -2.19. The van der Waals surface area contributed by atoms with Crippen molar-refractivity contribution in [3.63, 3.8) is 0 Å². The molecule has 27 heavy (non-hydrogen) atoms. The van der Waals surface area contributed by atoms with Crippen molar-refractivity contribution in [1.29, 1.82) is 0 Å². The fourth-order valence-electron chi connectivity index (χ4n) is 2.73. The van der Waals surface area contributed by atoms with E-state index in [0.29, 0.717) is 11.1 Å². The van der Waals surface area contributed by atoms with E-state index in [1.54, 1.807) is 24.3 Å². The van der Waals surface area contributed by atoms with Crippen LogP contribution in [0.5, 0.6) is 0 Å². The summed E-state index contributed by atoms with van der Waals surface area (Å²) in [6.07, 6.45) is 0. The van der Waals surface area contributed by atoms with Crippen LogP contribution in [-0.2, 0) is 0 Å². The first kappa shape index (κ1) is 19.5. The van der Waals surface area contributed by atoms with E-state index in [1.807, 2.05) is 42.5 Å². The summed E-state index contributed by atoms with van der Waals surface area (Å²) >= 11 is 6.93. The molecule has 0 saturated carbocycles. The lowest BCUT2D eigenvalue weighted by atomic mass is 9.99. The number of nitrogens with zero attached hydrogens (tertiary/aromatic N) is 1. The zero-order chi connectivity index (χ0) is 19.4. The molecular formula is C21H15Br2NO3. The molecule has 0 radical (unpaired) electrons. The molecule has 2 unspecified atom stereocenters. The lowest BCUT2D eigenvalue weighted by Gasteiger charge is -2.16. The Morgan fingerprint density at radius 1 is 0.852 bits per heavy atom. The number of alkyl halides is 2. The van der Waals surface area contributed by atoms with E-state index < -0.39 is 14.6 Å². The molecule has 0 bridgehead atoms. The van der Waals surface area contributed by atoms with Crippen molar-refractivity contribution < 1.29 is 9.72 Å². The Morgan fingerprint density at radius 3 is 2.11 bits per heavy atom. The Kier molecular flexibility index (Phi) is 6.19. The molecule has 0 heterocycles. The van der Waals surface area contributed by atoms with Crippen LogP contribution >= 0.6 is 31.9 Å². The largest absolute Gasteiger partial charge is 0.293 e. The third kappa shape index (κ3) is 4.51. The fraction of sp³-hybridized carbons (Fsp3) is 0.0952. The molecule has 0 N–H and O–H groups in total. The van der Waals surface area contributed by atoms with Crippen LogP contribution in [0.3, 0.4) is 0 Å². The zero-order valence-corrected chi connectivity index (χ0v) is 17.3. The number of hydrogen-bond donors (Lipinski definition) is 0. The highest BCUT2D eigenvalue weighted by molar-refractivity contribution is 9.12. The van der Waals surface area contributed by atoms with E-state index in [4.69, 9.17) is 0 Å². The highest BCUT2D eigenvalue weighted by Gasteiger charge is 2.27. The lowest BCUT2D eigenvalue weighted by molar-refractivity contribution is -0.384. The Balaban J connectivity index is 1.78. The van der Waals surface area contributed by atoms with E-state index in [-0.39, 0.29) is 11.5 Å². The Hall–Kier alpha value is -2.31. The molecule has 2 atom stereocenters. The maximum absolute atomic E-state index is 12.8. The Bertz CT molecular complexity index is 959. The number of carbonyl (C=O) groups excluding carboxylic acids is 1. The van der Waals surface area contributed by atoms with Gasteiger partial charge in [-0.1, -0.05) is 98.6 Å². The summed E-state index contributed by atoms with van der Waals surface area (Å²) in [5, 5.41) is 11.0. The molecule has 0 aromatic heterocycles. The van der Waals surface area contributed by atoms with Gasteiger partial charge in [0.05, 0.1) is 14.6 Å². The summed E-state index contributed by atoms with van der Waals surface area (Å²) in [6, 6.07) is 23.6. The third-order valence-corrected chi connectivity index (χ3v) is 6.89. The van der Waals surface area contributed by atoms with Gasteiger partial charge in [-0.2, -0.15) is 0 Å². The zero-order valence-electron chi connectivity index (χ0n) is 14.1. The van der Waals surface area contributed by atoms with Crippen LogP contribution in [-0.4, -0.2) is 15.5 Å². The van der Waals surface area contributed by atoms with Crippen molar-refractivity contribution in [3.8, 4) is 11.1 Å². The average Bonchev–Trinajstić information content (AvgIpc) is 2.73. The van der Waals surface area contributed by atoms with Gasteiger partial charge in [-0.25, -0.2) is 0 Å². The summed E-state index contributed by atoms with van der Waals surface area (Å²) in [5.74, 6) is -0.0945. The van der Waals surface area contributed by atoms with Crippen LogP contribution < -0.4 is 0 Å². The van der Waals surface area contributed by atoms with Crippen molar-refractivity contribution >= 4 is 43.3 Å². The van der Waals surface area contributed by atoms with Gasteiger partial charge in [0.2, 0.25) is 0 Å². The van der Waals surface area contributed by atoms with Gasteiger partial charge in [-0.3, -0.25) is 14.9 Å². The van der Waals surface area contributed by atoms with Gasteiger partial charge in [0.15, 0.2) is 5.78 Å². The molecule has 136 valence electrons. The van der Waals surface area contributed by atoms with Gasteiger partial charge in [0, 0.05) is 17.7 Å². The maximum atomic E-state index is 12.8. The predicted octanol–water partition coefficient (Wildman–Crippen LogP) is 6.34. The first-order valence-corrected chi connectivity index (χ1v) is 10.0. The second kappa shape index (κ2) is 8.59. The Morgan fingerprint density at radius 2 is 1.48 bits per heavy atom. The van der Waals surface area contributed by atoms with E-state index in [9.17, 15) is 14.9 Å². The summed E-state index contributed by atoms with van der Waals surface area (Å²) < 4.78 is 0. The van der Waals surface area contributed by atoms with Gasteiger partial charge in [0.1, 0.15) is 0 Å². The smallest absolute Gasteiger partial charge is 0.269 e. The molecule has 0 aliphatic heterocycles. The van der Waals surface area contributed by atoms with Crippen LogP contribution in [0.25, 0.3) is 11.1 Å². The molecule has 3 aromatic rings. The van der Waals surface area contributed by atoms with Crippen LogP contribution in [0.2, 0.25) is 0 Å². The molecule has 0 spiro atoms. The molecule has 0 amide bonds. The van der Waals surface area contributed by atoms with Gasteiger partial charge in [0.25, 0.3) is 5.69 Å². The van der Waals surface area contributed by atoms with E-state index in [2.05, 4.69) is 31.9 Å². The van der Waals surface area contributed by atoms with E-state index in [0.717, 1.165) is 11.1 Å². The molecule has 3 aromatic carbocycles. The normalized spacial score (nSPS) is 13.0. The molecule has 0 aliphatic rings. The predicted molar refractivity (Wildman–Crippen MR) is 114 cm³/mol. The SMILES string of the molecule is O=C(c1ccc(-c2ccccc2)cc1)C(Br)C(Br)c1cccc([N+](=O)[O-])c1. The third-order valence-electron chi connectivity index (χ3n) is 4.18. The first-order chi connectivity index (χ1) is 13.0. The minimum atomic E-state index is -0.554. The fourth-order valence-corrected chi connectivity index (χ4v) is 3.82. The van der Waals surface area contributed by atoms with Crippen LogP contribution in [0, 0.1) is 10.1 Å². The summed E-state index contributed by atoms with van der Waals surface area (Å²) in [6.45, 7) is 0. The van der Waals surface area contributed by atoms with E-state index in [1.165, 1.54) is 12.1 Å². The number of nitro benzene ring substituents is 1. The van der Waals surface area contributed by atoms with Crippen LogP contribution in [0.4, 0.5) is 5.69 Å². The molecule has 6 heteroatoms. The number of nitro groups is 1. The quantitative estimate of drug-likeness (QED) is 0.176. The molecular weight excluding hydrogens is 474 g/mol. The topological polar surface area (TPSA) is 60.2 Å². The molecule has 3 rings (SSSR count).